The maximum absolute atomic E-state index is 11.8. The molecule has 3 rings (SSSR count). The smallest absolute Gasteiger partial charge is 0.335 e. The molecule has 1 aliphatic rings. The zero-order valence-electron chi connectivity index (χ0n) is 17.0. The Labute approximate surface area is 176 Å². The van der Waals surface area contributed by atoms with Crippen LogP contribution in [0.15, 0.2) is 48.5 Å². The Bertz CT molecular complexity index is 832. The first-order chi connectivity index (χ1) is 14.6. The molecule has 1 amide bonds. The predicted octanol–water partition coefficient (Wildman–Crippen LogP) is 3.88. The largest absolute Gasteiger partial charge is 0.484 e. The van der Waals surface area contributed by atoms with Crippen molar-refractivity contribution in [1.29, 1.82) is 0 Å². The second kappa shape index (κ2) is 10.8. The molecule has 0 aliphatic carbocycles. The van der Waals surface area contributed by atoms with Crippen molar-refractivity contribution in [3.63, 3.8) is 0 Å². The highest BCUT2D eigenvalue weighted by Gasteiger charge is 2.31. The van der Waals surface area contributed by atoms with Crippen molar-refractivity contribution in [1.82, 2.24) is 5.32 Å². The molecule has 1 heterocycles. The molecule has 2 aromatic carbocycles. The summed E-state index contributed by atoms with van der Waals surface area (Å²) in [7, 11) is 0. The van der Waals surface area contributed by atoms with Crippen molar-refractivity contribution in [2.75, 3.05) is 6.61 Å². The van der Waals surface area contributed by atoms with Gasteiger partial charge in [-0.25, -0.2) is 4.79 Å². The van der Waals surface area contributed by atoms with Gasteiger partial charge in [0, 0.05) is 13.0 Å². The number of aromatic carboxylic acids is 1. The van der Waals surface area contributed by atoms with Crippen LogP contribution in [-0.2, 0) is 11.2 Å². The van der Waals surface area contributed by atoms with Gasteiger partial charge in [-0.05, 0) is 61.1 Å². The molecule has 1 unspecified atom stereocenters. The number of benzene rings is 2. The van der Waals surface area contributed by atoms with Gasteiger partial charge in [0.05, 0.1) is 11.6 Å². The summed E-state index contributed by atoms with van der Waals surface area (Å²) in [5.41, 5.74) is 2.44. The number of aliphatic hydroxyl groups is 1. The third-order valence-corrected chi connectivity index (χ3v) is 5.44. The van der Waals surface area contributed by atoms with Crippen LogP contribution in [0.25, 0.3) is 0 Å². The lowest BCUT2D eigenvalue weighted by atomic mass is 9.98. The minimum absolute atomic E-state index is 0.0225. The molecule has 2 aromatic rings. The van der Waals surface area contributed by atoms with Crippen LogP contribution in [0, 0.1) is 0 Å². The number of hydrogen-bond donors (Lipinski definition) is 3. The highest BCUT2D eigenvalue weighted by Crippen LogP contribution is 2.30. The van der Waals surface area contributed by atoms with E-state index in [0.29, 0.717) is 18.6 Å². The highest BCUT2D eigenvalue weighted by molar-refractivity contribution is 5.87. The molecule has 0 aromatic heterocycles. The molecular formula is C24H29NO5. The Morgan fingerprint density at radius 3 is 2.33 bits per heavy atom. The molecule has 0 radical (unpaired) electrons. The lowest BCUT2D eigenvalue weighted by Crippen LogP contribution is -2.34. The molecule has 2 atom stereocenters. The van der Waals surface area contributed by atoms with Gasteiger partial charge in [0.1, 0.15) is 11.9 Å². The Balaban J connectivity index is 1.69. The van der Waals surface area contributed by atoms with Gasteiger partial charge in [-0.3, -0.25) is 4.79 Å². The van der Waals surface area contributed by atoms with E-state index in [0.717, 1.165) is 37.7 Å². The van der Waals surface area contributed by atoms with E-state index < -0.39 is 5.97 Å². The number of aryl methyl sites for hydroxylation is 1. The van der Waals surface area contributed by atoms with Crippen LogP contribution in [0.2, 0.25) is 0 Å². The number of carboxylic acid groups (broad SMARTS) is 1. The molecule has 0 saturated carbocycles. The highest BCUT2D eigenvalue weighted by atomic mass is 16.5. The lowest BCUT2D eigenvalue weighted by molar-refractivity contribution is -0.119. The third kappa shape index (κ3) is 6.07. The topological polar surface area (TPSA) is 95.9 Å². The van der Waals surface area contributed by atoms with Crippen molar-refractivity contribution >= 4 is 11.9 Å². The van der Waals surface area contributed by atoms with Crippen LogP contribution in [0.5, 0.6) is 5.75 Å². The zero-order valence-corrected chi connectivity index (χ0v) is 17.0. The second-order valence-corrected chi connectivity index (χ2v) is 7.71. The quantitative estimate of drug-likeness (QED) is 0.488. The fourth-order valence-electron chi connectivity index (χ4n) is 3.74. The van der Waals surface area contributed by atoms with Gasteiger partial charge in [0.15, 0.2) is 0 Å². The summed E-state index contributed by atoms with van der Waals surface area (Å²) in [5, 5.41) is 20.9. The van der Waals surface area contributed by atoms with Gasteiger partial charge in [-0.15, -0.1) is 0 Å². The molecule has 6 heteroatoms. The van der Waals surface area contributed by atoms with E-state index in [2.05, 4.69) is 17.4 Å². The predicted molar refractivity (Wildman–Crippen MR) is 114 cm³/mol. The van der Waals surface area contributed by atoms with Crippen LogP contribution in [0.1, 0.15) is 66.1 Å². The summed E-state index contributed by atoms with van der Waals surface area (Å²) in [4.78, 5) is 22.8. The standard InChI is InChI=1S/C24H29NO5/c26-16-4-2-1-3-5-17-6-8-18(9-7-17)23(21-14-15-22(27)25-21)30-20-12-10-19(11-13-20)24(28)29/h6-13,21,23,26H,1-5,14-16H2,(H,25,27)(H,28,29)/t21?,23-/m1/s1. The number of amides is 1. The summed E-state index contributed by atoms with van der Waals surface area (Å²) >= 11 is 0. The molecule has 1 fully saturated rings. The molecule has 3 N–H and O–H groups in total. The summed E-state index contributed by atoms with van der Waals surface area (Å²) in [6, 6.07) is 14.5. The number of carbonyl (C=O) groups is 2. The van der Waals surface area contributed by atoms with E-state index in [-0.39, 0.29) is 30.2 Å². The summed E-state index contributed by atoms with van der Waals surface area (Å²) in [5.74, 6) is -0.387. The Morgan fingerprint density at radius 1 is 1.03 bits per heavy atom. The Kier molecular flexibility index (Phi) is 7.85. The second-order valence-electron chi connectivity index (χ2n) is 7.71. The number of rotatable bonds is 11. The number of carboxylic acids is 1. The first kappa shape index (κ1) is 21.8. The molecule has 1 aliphatic heterocycles. The normalized spacial score (nSPS) is 16.8. The van der Waals surface area contributed by atoms with Crippen molar-refractivity contribution < 1.29 is 24.5 Å². The molecule has 0 bridgehead atoms. The SMILES string of the molecule is O=C1CCC([C@H](Oc2ccc(C(=O)O)cc2)c2ccc(CCCCCCO)cc2)N1. The fraction of sp³-hybridized carbons (Fsp3) is 0.417. The molecular weight excluding hydrogens is 382 g/mol. The van der Waals surface area contributed by atoms with E-state index in [1.54, 1.807) is 12.1 Å². The summed E-state index contributed by atoms with van der Waals surface area (Å²) in [6.07, 6.45) is 5.94. The molecule has 1 saturated heterocycles. The number of unbranched alkanes of at least 4 members (excludes halogenated alkanes) is 3. The molecule has 0 spiro atoms. The van der Waals surface area contributed by atoms with Gasteiger partial charge < -0.3 is 20.3 Å². The lowest BCUT2D eigenvalue weighted by Gasteiger charge is -2.25. The van der Waals surface area contributed by atoms with E-state index in [9.17, 15) is 9.59 Å². The maximum Gasteiger partial charge on any atom is 0.335 e. The van der Waals surface area contributed by atoms with E-state index in [1.165, 1.54) is 17.7 Å². The van der Waals surface area contributed by atoms with Crippen molar-refractivity contribution in [2.45, 2.75) is 57.1 Å². The van der Waals surface area contributed by atoms with Crippen LogP contribution in [0.4, 0.5) is 0 Å². The van der Waals surface area contributed by atoms with E-state index in [4.69, 9.17) is 14.9 Å². The first-order valence-corrected chi connectivity index (χ1v) is 10.6. The average Bonchev–Trinajstić information content (AvgIpc) is 3.19. The van der Waals surface area contributed by atoms with Gasteiger partial charge >= 0.3 is 5.97 Å². The van der Waals surface area contributed by atoms with Crippen LogP contribution in [0.3, 0.4) is 0 Å². The van der Waals surface area contributed by atoms with Crippen LogP contribution in [-0.4, -0.2) is 34.7 Å². The van der Waals surface area contributed by atoms with Crippen LogP contribution >= 0.6 is 0 Å². The van der Waals surface area contributed by atoms with Crippen LogP contribution < -0.4 is 10.1 Å². The van der Waals surface area contributed by atoms with Crippen molar-refractivity contribution in [3.05, 3.63) is 65.2 Å². The Hall–Kier alpha value is -2.86. The van der Waals surface area contributed by atoms with Gasteiger partial charge in [0.2, 0.25) is 5.91 Å². The van der Waals surface area contributed by atoms with Crippen molar-refractivity contribution in [2.24, 2.45) is 0 Å². The number of hydrogen-bond acceptors (Lipinski definition) is 4. The minimum atomic E-state index is -0.979. The number of aliphatic hydroxyl groups excluding tert-OH is 1. The number of nitrogens with one attached hydrogen (secondary N) is 1. The summed E-state index contributed by atoms with van der Waals surface area (Å²) in [6.45, 7) is 0.257. The van der Waals surface area contributed by atoms with Gasteiger partial charge in [-0.1, -0.05) is 37.1 Å². The Morgan fingerprint density at radius 2 is 1.73 bits per heavy atom. The fourth-order valence-corrected chi connectivity index (χ4v) is 3.74. The molecule has 30 heavy (non-hydrogen) atoms. The van der Waals surface area contributed by atoms with Gasteiger partial charge in [-0.2, -0.15) is 0 Å². The maximum atomic E-state index is 11.8. The third-order valence-electron chi connectivity index (χ3n) is 5.44. The summed E-state index contributed by atoms with van der Waals surface area (Å²) < 4.78 is 6.20. The molecule has 160 valence electrons. The van der Waals surface area contributed by atoms with E-state index in [1.807, 2.05) is 12.1 Å². The van der Waals surface area contributed by atoms with Gasteiger partial charge in [0.25, 0.3) is 0 Å². The van der Waals surface area contributed by atoms with Crippen molar-refractivity contribution in [3.8, 4) is 5.75 Å². The minimum Gasteiger partial charge on any atom is -0.484 e. The average molecular weight is 411 g/mol. The monoisotopic (exact) mass is 411 g/mol. The first-order valence-electron chi connectivity index (χ1n) is 10.6. The number of ether oxygens (including phenoxy) is 1. The van der Waals surface area contributed by atoms with E-state index >= 15 is 0 Å². The molecule has 6 nitrogen and oxygen atoms in total. The number of carbonyl (C=O) groups excluding carboxylic acids is 1. The zero-order chi connectivity index (χ0) is 21.3.